The van der Waals surface area contributed by atoms with Gasteiger partial charge < -0.3 is 15.0 Å². The Morgan fingerprint density at radius 2 is 1.81 bits per heavy atom. The summed E-state index contributed by atoms with van der Waals surface area (Å²) in [6, 6.07) is 16.3. The number of anilines is 2. The van der Waals surface area contributed by atoms with E-state index in [0.717, 1.165) is 38.5 Å². The molecule has 0 atom stereocenters. The number of hydrogen-bond donors (Lipinski definition) is 1. The maximum absolute atomic E-state index is 12.3. The van der Waals surface area contributed by atoms with Crippen LogP contribution < -0.4 is 10.2 Å². The summed E-state index contributed by atoms with van der Waals surface area (Å²) in [5.74, 6) is 0.000191. The Hall–Kier alpha value is -2.37. The van der Waals surface area contributed by atoms with E-state index < -0.39 is 0 Å². The molecule has 0 radical (unpaired) electrons. The Morgan fingerprint density at radius 1 is 1.12 bits per heavy atom. The Bertz CT molecular complexity index is 724. The molecule has 0 spiro atoms. The van der Waals surface area contributed by atoms with E-state index in [1.54, 1.807) is 0 Å². The van der Waals surface area contributed by atoms with Gasteiger partial charge in [-0.2, -0.15) is 0 Å². The van der Waals surface area contributed by atoms with Gasteiger partial charge in [0.25, 0.3) is 0 Å². The van der Waals surface area contributed by atoms with Crippen molar-refractivity contribution in [3.05, 3.63) is 59.7 Å². The summed E-state index contributed by atoms with van der Waals surface area (Å²) in [6.45, 7) is 6.47. The SMILES string of the molecule is Cc1ccc(NC(=O)CN(C)Cc2ccccc2N2CCOCC2)cc1. The zero-order chi connectivity index (χ0) is 18.4. The molecule has 0 aromatic heterocycles. The fraction of sp³-hybridized carbons (Fsp3) is 0.381. The van der Waals surface area contributed by atoms with Crippen LogP contribution in [0.2, 0.25) is 0 Å². The number of para-hydroxylation sites is 1. The molecule has 1 amide bonds. The van der Waals surface area contributed by atoms with Gasteiger partial charge in [0.1, 0.15) is 0 Å². The quantitative estimate of drug-likeness (QED) is 0.867. The first-order valence-corrected chi connectivity index (χ1v) is 9.07. The fourth-order valence-corrected chi connectivity index (χ4v) is 3.19. The van der Waals surface area contributed by atoms with E-state index in [1.165, 1.54) is 16.8 Å². The van der Waals surface area contributed by atoms with Crippen molar-refractivity contribution in [3.8, 4) is 0 Å². The molecule has 0 unspecified atom stereocenters. The van der Waals surface area contributed by atoms with Crippen LogP contribution >= 0.6 is 0 Å². The third-order valence-corrected chi connectivity index (χ3v) is 4.53. The zero-order valence-electron chi connectivity index (χ0n) is 15.6. The number of benzene rings is 2. The molecule has 1 fully saturated rings. The Balaban J connectivity index is 1.58. The number of hydrogen-bond acceptors (Lipinski definition) is 4. The van der Waals surface area contributed by atoms with Crippen molar-refractivity contribution >= 4 is 17.3 Å². The molecule has 1 aliphatic rings. The van der Waals surface area contributed by atoms with Crippen molar-refractivity contribution in [2.75, 3.05) is 50.1 Å². The molecule has 3 rings (SSSR count). The number of amides is 1. The van der Waals surface area contributed by atoms with Gasteiger partial charge in [0, 0.05) is 31.0 Å². The van der Waals surface area contributed by atoms with Crippen LogP contribution in [0.25, 0.3) is 0 Å². The molecule has 1 aliphatic heterocycles. The molecular weight excluding hydrogens is 326 g/mol. The number of morpholine rings is 1. The van der Waals surface area contributed by atoms with Gasteiger partial charge in [-0.3, -0.25) is 9.69 Å². The molecule has 0 saturated carbocycles. The van der Waals surface area contributed by atoms with Crippen molar-refractivity contribution in [2.45, 2.75) is 13.5 Å². The first-order chi connectivity index (χ1) is 12.6. The molecule has 1 N–H and O–H groups in total. The highest BCUT2D eigenvalue weighted by atomic mass is 16.5. The molecule has 0 bridgehead atoms. The first kappa shape index (κ1) is 18.4. The lowest BCUT2D eigenvalue weighted by Gasteiger charge is -2.31. The summed E-state index contributed by atoms with van der Waals surface area (Å²) >= 11 is 0. The number of carbonyl (C=O) groups is 1. The summed E-state index contributed by atoms with van der Waals surface area (Å²) in [5, 5.41) is 2.96. The lowest BCUT2D eigenvalue weighted by Crippen LogP contribution is -2.37. The first-order valence-electron chi connectivity index (χ1n) is 9.07. The van der Waals surface area contributed by atoms with Crippen LogP contribution in [0.5, 0.6) is 0 Å². The summed E-state index contributed by atoms with van der Waals surface area (Å²) < 4.78 is 5.45. The normalized spacial score (nSPS) is 14.5. The summed E-state index contributed by atoms with van der Waals surface area (Å²) in [7, 11) is 1.98. The lowest BCUT2D eigenvalue weighted by molar-refractivity contribution is -0.117. The molecule has 2 aromatic carbocycles. The van der Waals surface area contributed by atoms with Gasteiger partial charge in [-0.15, -0.1) is 0 Å². The van der Waals surface area contributed by atoms with E-state index in [2.05, 4.69) is 34.5 Å². The fourth-order valence-electron chi connectivity index (χ4n) is 3.19. The van der Waals surface area contributed by atoms with Crippen LogP contribution in [0.3, 0.4) is 0 Å². The van der Waals surface area contributed by atoms with Crippen molar-refractivity contribution in [3.63, 3.8) is 0 Å². The Kier molecular flexibility index (Phi) is 6.26. The molecule has 26 heavy (non-hydrogen) atoms. The highest BCUT2D eigenvalue weighted by Crippen LogP contribution is 2.22. The van der Waals surface area contributed by atoms with E-state index in [0.29, 0.717) is 6.54 Å². The highest BCUT2D eigenvalue weighted by Gasteiger charge is 2.16. The predicted molar refractivity (Wildman–Crippen MR) is 106 cm³/mol. The van der Waals surface area contributed by atoms with E-state index >= 15 is 0 Å². The second kappa shape index (κ2) is 8.83. The predicted octanol–water partition coefficient (Wildman–Crippen LogP) is 2.90. The maximum atomic E-state index is 12.3. The van der Waals surface area contributed by atoms with Gasteiger partial charge in [-0.1, -0.05) is 35.9 Å². The van der Waals surface area contributed by atoms with Crippen LogP contribution in [-0.2, 0) is 16.1 Å². The number of ether oxygens (including phenoxy) is 1. The smallest absolute Gasteiger partial charge is 0.238 e. The van der Waals surface area contributed by atoms with E-state index in [9.17, 15) is 4.79 Å². The van der Waals surface area contributed by atoms with Gasteiger partial charge >= 0.3 is 0 Å². The van der Waals surface area contributed by atoms with E-state index in [4.69, 9.17) is 4.74 Å². The third-order valence-electron chi connectivity index (χ3n) is 4.53. The summed E-state index contributed by atoms with van der Waals surface area (Å²) in [4.78, 5) is 16.7. The van der Waals surface area contributed by atoms with Crippen LogP contribution in [-0.4, -0.2) is 50.7 Å². The van der Waals surface area contributed by atoms with Crippen molar-refractivity contribution in [1.82, 2.24) is 4.90 Å². The van der Waals surface area contributed by atoms with Gasteiger partial charge in [-0.25, -0.2) is 0 Å². The molecule has 138 valence electrons. The van der Waals surface area contributed by atoms with Gasteiger partial charge in [0.15, 0.2) is 0 Å². The molecule has 1 heterocycles. The topological polar surface area (TPSA) is 44.8 Å². The lowest BCUT2D eigenvalue weighted by atomic mass is 10.1. The van der Waals surface area contributed by atoms with Gasteiger partial charge in [0.2, 0.25) is 5.91 Å². The third kappa shape index (κ3) is 5.07. The minimum atomic E-state index is 0.000191. The molecular formula is C21H27N3O2. The maximum Gasteiger partial charge on any atom is 0.238 e. The number of carbonyl (C=O) groups excluding carboxylic acids is 1. The van der Waals surface area contributed by atoms with Crippen LogP contribution in [0.15, 0.2) is 48.5 Å². The van der Waals surface area contributed by atoms with Crippen molar-refractivity contribution < 1.29 is 9.53 Å². The molecule has 5 nitrogen and oxygen atoms in total. The zero-order valence-corrected chi connectivity index (χ0v) is 15.6. The number of nitrogens with one attached hydrogen (secondary N) is 1. The summed E-state index contributed by atoms with van der Waals surface area (Å²) in [5.41, 5.74) is 4.49. The second-order valence-corrected chi connectivity index (χ2v) is 6.81. The van der Waals surface area contributed by atoms with E-state index in [-0.39, 0.29) is 5.91 Å². The number of aryl methyl sites for hydroxylation is 1. The monoisotopic (exact) mass is 353 g/mol. The Labute approximate surface area is 155 Å². The Morgan fingerprint density at radius 3 is 2.54 bits per heavy atom. The number of rotatable bonds is 6. The molecule has 0 aliphatic carbocycles. The van der Waals surface area contributed by atoms with Crippen molar-refractivity contribution in [2.24, 2.45) is 0 Å². The average Bonchev–Trinajstić information content (AvgIpc) is 2.64. The number of nitrogens with zero attached hydrogens (tertiary/aromatic N) is 2. The van der Waals surface area contributed by atoms with Crippen LogP contribution in [0, 0.1) is 6.92 Å². The molecule has 1 saturated heterocycles. The standard InChI is InChI=1S/C21H27N3O2/c1-17-7-9-19(10-8-17)22-21(25)16-23(2)15-18-5-3-4-6-20(18)24-11-13-26-14-12-24/h3-10H,11-16H2,1-2H3,(H,22,25). The molecule has 5 heteroatoms. The van der Waals surface area contributed by atoms with Crippen LogP contribution in [0.1, 0.15) is 11.1 Å². The molecule has 2 aromatic rings. The van der Waals surface area contributed by atoms with E-state index in [1.807, 2.05) is 43.1 Å². The second-order valence-electron chi connectivity index (χ2n) is 6.81. The average molecular weight is 353 g/mol. The minimum Gasteiger partial charge on any atom is -0.378 e. The van der Waals surface area contributed by atoms with Gasteiger partial charge in [0.05, 0.1) is 19.8 Å². The van der Waals surface area contributed by atoms with Gasteiger partial charge in [-0.05, 0) is 37.7 Å². The largest absolute Gasteiger partial charge is 0.378 e. The van der Waals surface area contributed by atoms with Crippen LogP contribution in [0.4, 0.5) is 11.4 Å². The summed E-state index contributed by atoms with van der Waals surface area (Å²) in [6.07, 6.45) is 0. The minimum absolute atomic E-state index is 0.000191. The highest BCUT2D eigenvalue weighted by molar-refractivity contribution is 5.92. The van der Waals surface area contributed by atoms with Crippen molar-refractivity contribution in [1.29, 1.82) is 0 Å². The number of likely N-dealkylation sites (N-methyl/N-ethyl adjacent to an activating group) is 1.